The van der Waals surface area contributed by atoms with Gasteiger partial charge in [0.1, 0.15) is 0 Å². The standard InChI is InChI=1S/C4H14N2Si/c1-4(2)6-7-5-3/h4-6H,7H2,1-3H3. The Bertz CT molecular complexity index is 38.7. The molecular weight excluding hydrogens is 104 g/mol. The zero-order chi connectivity index (χ0) is 5.70. The number of nitrogens with one attached hydrogen (secondary N) is 2. The quantitative estimate of drug-likeness (QED) is 0.474. The Morgan fingerprint density at radius 3 is 2.14 bits per heavy atom. The predicted molar refractivity (Wildman–Crippen MR) is 35.9 cm³/mol. The van der Waals surface area contributed by atoms with Crippen molar-refractivity contribution in [3.8, 4) is 0 Å². The fourth-order valence-corrected chi connectivity index (χ4v) is 0.919. The highest BCUT2D eigenvalue weighted by Crippen LogP contribution is 1.68. The van der Waals surface area contributed by atoms with E-state index in [0.29, 0.717) is 6.04 Å². The van der Waals surface area contributed by atoms with Gasteiger partial charge >= 0.3 is 0 Å². The predicted octanol–water partition coefficient (Wildman–Crippen LogP) is -0.797. The highest BCUT2D eigenvalue weighted by molar-refractivity contribution is 6.28. The molecule has 0 saturated heterocycles. The minimum absolute atomic E-state index is 0.126. The van der Waals surface area contributed by atoms with Crippen molar-refractivity contribution in [2.45, 2.75) is 19.9 Å². The van der Waals surface area contributed by atoms with E-state index in [2.05, 4.69) is 23.8 Å². The maximum absolute atomic E-state index is 3.32. The van der Waals surface area contributed by atoms with Crippen LogP contribution in [0.2, 0.25) is 0 Å². The summed E-state index contributed by atoms with van der Waals surface area (Å²) in [5.41, 5.74) is 0. The lowest BCUT2D eigenvalue weighted by molar-refractivity contribution is 0.745. The van der Waals surface area contributed by atoms with Gasteiger partial charge in [-0.2, -0.15) is 0 Å². The molecule has 3 heteroatoms. The third-order valence-electron chi connectivity index (χ3n) is 0.687. The highest BCUT2D eigenvalue weighted by atomic mass is 28.2. The van der Waals surface area contributed by atoms with Crippen molar-refractivity contribution in [2.75, 3.05) is 7.05 Å². The summed E-state index contributed by atoms with van der Waals surface area (Å²) >= 11 is 0. The first-order chi connectivity index (χ1) is 3.27. The SMILES string of the molecule is CN[SiH2]NC(C)C. The van der Waals surface area contributed by atoms with Crippen molar-refractivity contribution < 1.29 is 0 Å². The Morgan fingerprint density at radius 1 is 1.43 bits per heavy atom. The summed E-state index contributed by atoms with van der Waals surface area (Å²) in [5.74, 6) is 0. The van der Waals surface area contributed by atoms with Gasteiger partial charge in [-0.05, 0) is 13.1 Å². The van der Waals surface area contributed by atoms with Gasteiger partial charge in [0.15, 0.2) is 9.84 Å². The lowest BCUT2D eigenvalue weighted by Gasteiger charge is -2.03. The Morgan fingerprint density at radius 2 is 2.00 bits per heavy atom. The third kappa shape index (κ3) is 6.14. The summed E-state index contributed by atoms with van der Waals surface area (Å²) in [7, 11) is 1.86. The first kappa shape index (κ1) is 7.14. The summed E-state index contributed by atoms with van der Waals surface area (Å²) in [6, 6.07) is 0.652. The second-order valence-electron chi connectivity index (χ2n) is 1.89. The van der Waals surface area contributed by atoms with Gasteiger partial charge < -0.3 is 9.96 Å². The maximum atomic E-state index is 3.32. The number of hydrogen-bond donors (Lipinski definition) is 2. The van der Waals surface area contributed by atoms with Gasteiger partial charge in [0.05, 0.1) is 0 Å². The molecule has 0 aliphatic heterocycles. The first-order valence-electron chi connectivity index (χ1n) is 2.65. The van der Waals surface area contributed by atoms with Crippen LogP contribution in [-0.2, 0) is 0 Å². The summed E-state index contributed by atoms with van der Waals surface area (Å²) in [5, 5.41) is 0. The molecule has 0 unspecified atom stereocenters. The summed E-state index contributed by atoms with van der Waals surface area (Å²) in [6.45, 7) is 4.31. The number of hydrogen-bond acceptors (Lipinski definition) is 2. The minimum Gasteiger partial charge on any atom is -0.333 e. The van der Waals surface area contributed by atoms with E-state index in [9.17, 15) is 0 Å². The van der Waals surface area contributed by atoms with E-state index >= 15 is 0 Å². The van der Waals surface area contributed by atoms with Crippen molar-refractivity contribution in [1.29, 1.82) is 0 Å². The van der Waals surface area contributed by atoms with Crippen LogP contribution < -0.4 is 9.96 Å². The van der Waals surface area contributed by atoms with Gasteiger partial charge in [-0.3, -0.25) is 0 Å². The molecule has 0 aromatic rings. The van der Waals surface area contributed by atoms with Crippen LogP contribution in [0.25, 0.3) is 0 Å². The topological polar surface area (TPSA) is 24.1 Å². The van der Waals surface area contributed by atoms with Crippen LogP contribution in [0.15, 0.2) is 0 Å². The fourth-order valence-electron chi connectivity index (χ4n) is 0.306. The van der Waals surface area contributed by atoms with Crippen molar-refractivity contribution in [2.24, 2.45) is 0 Å². The second kappa shape index (κ2) is 4.30. The summed E-state index contributed by atoms with van der Waals surface area (Å²) in [6.07, 6.45) is 0. The Labute approximate surface area is 47.7 Å². The van der Waals surface area contributed by atoms with Gasteiger partial charge in [0.2, 0.25) is 0 Å². The van der Waals surface area contributed by atoms with E-state index in [1.54, 1.807) is 0 Å². The van der Waals surface area contributed by atoms with Gasteiger partial charge in [0.25, 0.3) is 0 Å². The molecule has 0 spiro atoms. The summed E-state index contributed by atoms with van der Waals surface area (Å²) in [4.78, 5) is 6.45. The summed E-state index contributed by atoms with van der Waals surface area (Å²) < 4.78 is 0. The molecule has 0 aromatic heterocycles. The van der Waals surface area contributed by atoms with Gasteiger partial charge in [-0.1, -0.05) is 13.8 Å². The Hall–Kier alpha value is 0.137. The lowest BCUT2D eigenvalue weighted by Crippen LogP contribution is -2.35. The molecule has 2 N–H and O–H groups in total. The highest BCUT2D eigenvalue weighted by Gasteiger charge is 1.85. The molecule has 2 nitrogen and oxygen atoms in total. The molecule has 0 amide bonds. The van der Waals surface area contributed by atoms with E-state index in [4.69, 9.17) is 0 Å². The van der Waals surface area contributed by atoms with Crippen LogP contribution in [0.1, 0.15) is 13.8 Å². The zero-order valence-electron chi connectivity index (χ0n) is 5.28. The Balaban J connectivity index is 2.68. The molecule has 0 aliphatic carbocycles. The van der Waals surface area contributed by atoms with Crippen molar-refractivity contribution >= 4 is 9.84 Å². The molecule has 7 heavy (non-hydrogen) atoms. The van der Waals surface area contributed by atoms with Crippen molar-refractivity contribution in [3.63, 3.8) is 0 Å². The second-order valence-corrected chi connectivity index (χ2v) is 3.36. The monoisotopic (exact) mass is 118 g/mol. The van der Waals surface area contributed by atoms with E-state index < -0.39 is 0 Å². The van der Waals surface area contributed by atoms with Crippen LogP contribution in [0.3, 0.4) is 0 Å². The molecule has 0 heterocycles. The third-order valence-corrected chi connectivity index (χ3v) is 2.06. The molecule has 0 aliphatic rings. The van der Waals surface area contributed by atoms with E-state index in [0.717, 1.165) is 0 Å². The molecule has 0 aromatic carbocycles. The van der Waals surface area contributed by atoms with E-state index in [1.165, 1.54) is 0 Å². The molecule has 0 saturated carbocycles. The van der Waals surface area contributed by atoms with Crippen LogP contribution in [-0.4, -0.2) is 22.9 Å². The van der Waals surface area contributed by atoms with Gasteiger partial charge in [-0.25, -0.2) is 0 Å². The molecule has 0 fully saturated rings. The molecular formula is C4H14N2Si. The molecule has 0 bridgehead atoms. The molecule has 44 valence electrons. The normalized spacial score (nSPS) is 12.0. The average Bonchev–Trinajstić information content (AvgIpc) is 1.61. The van der Waals surface area contributed by atoms with Crippen molar-refractivity contribution in [3.05, 3.63) is 0 Å². The maximum Gasteiger partial charge on any atom is 0.167 e. The molecule has 0 rings (SSSR count). The van der Waals surface area contributed by atoms with Gasteiger partial charge in [-0.15, -0.1) is 0 Å². The van der Waals surface area contributed by atoms with Crippen LogP contribution in [0.4, 0.5) is 0 Å². The fraction of sp³-hybridized carbons (Fsp3) is 1.00. The first-order valence-corrected chi connectivity index (χ1v) is 4.06. The van der Waals surface area contributed by atoms with Crippen LogP contribution in [0.5, 0.6) is 0 Å². The van der Waals surface area contributed by atoms with Crippen molar-refractivity contribution in [1.82, 2.24) is 9.96 Å². The van der Waals surface area contributed by atoms with Gasteiger partial charge in [0, 0.05) is 0 Å². The molecule has 0 radical (unpaired) electrons. The minimum atomic E-state index is -0.126. The van der Waals surface area contributed by atoms with Crippen LogP contribution in [0, 0.1) is 0 Å². The number of rotatable bonds is 3. The Kier molecular flexibility index (Phi) is 4.38. The lowest BCUT2D eigenvalue weighted by atomic mass is 10.4. The smallest absolute Gasteiger partial charge is 0.167 e. The van der Waals surface area contributed by atoms with E-state index in [1.807, 2.05) is 7.05 Å². The average molecular weight is 118 g/mol. The largest absolute Gasteiger partial charge is 0.333 e. The van der Waals surface area contributed by atoms with E-state index in [-0.39, 0.29) is 9.84 Å². The van der Waals surface area contributed by atoms with Crippen LogP contribution >= 0.6 is 0 Å². The zero-order valence-corrected chi connectivity index (χ0v) is 6.70. The molecule has 0 atom stereocenters.